The Balaban J connectivity index is 1.93. The number of rotatable bonds is 10. The van der Waals surface area contributed by atoms with Gasteiger partial charge in [-0.1, -0.05) is 43.3 Å². The summed E-state index contributed by atoms with van der Waals surface area (Å²) in [5, 5.41) is 11.0. The smallest absolute Gasteiger partial charge is 0.253 e. The summed E-state index contributed by atoms with van der Waals surface area (Å²) in [6.07, 6.45) is 3.71. The summed E-state index contributed by atoms with van der Waals surface area (Å²) in [5.74, 6) is 5.45. The molecule has 1 unspecified atom stereocenters. The van der Waals surface area contributed by atoms with Crippen molar-refractivity contribution < 1.29 is 9.59 Å². The maximum atomic E-state index is 13.4. The number of amides is 2. The molecule has 36 heavy (non-hydrogen) atoms. The van der Waals surface area contributed by atoms with Crippen molar-refractivity contribution in [2.75, 3.05) is 31.5 Å². The third-order valence-electron chi connectivity index (χ3n) is 6.39. The molecular weight excluding hydrogens is 452 g/mol. The van der Waals surface area contributed by atoms with Crippen molar-refractivity contribution >= 4 is 23.6 Å². The van der Waals surface area contributed by atoms with Crippen LogP contribution in [0.15, 0.2) is 58.4 Å². The van der Waals surface area contributed by atoms with E-state index >= 15 is 0 Å². The number of anilines is 1. The van der Waals surface area contributed by atoms with E-state index in [0.717, 1.165) is 48.3 Å². The maximum Gasteiger partial charge on any atom is 0.253 e. The summed E-state index contributed by atoms with van der Waals surface area (Å²) in [4.78, 5) is 29.7. The zero-order valence-electron chi connectivity index (χ0n) is 21.8. The van der Waals surface area contributed by atoms with Gasteiger partial charge in [0.15, 0.2) is 0 Å². The van der Waals surface area contributed by atoms with Crippen molar-refractivity contribution in [3.8, 4) is 11.1 Å². The molecule has 3 rings (SSSR count). The number of nitrogens with two attached hydrogens (primary N) is 1. The summed E-state index contributed by atoms with van der Waals surface area (Å²) in [5.41, 5.74) is 5.12. The van der Waals surface area contributed by atoms with E-state index in [1.807, 2.05) is 67.3 Å². The van der Waals surface area contributed by atoms with Crippen molar-refractivity contribution in [1.82, 2.24) is 9.80 Å². The molecule has 1 aliphatic rings. The Morgan fingerprint density at radius 2 is 1.56 bits per heavy atom. The standard InChI is InChI=1S/C28H38N6O2/c1-5-15-34(16-6-2)28(36)24-17-23-14-13-22(18-25(23)30-26(19-24)31-32-29)20-9-11-21(12-10-20)27(35)33(7-3)8-4/h9-14,17-18,26,30H,5-8,15-16,19H2,1-4H3,(H2,29,31). The molecule has 0 aliphatic carbocycles. The van der Waals surface area contributed by atoms with Gasteiger partial charge in [-0.05, 0) is 67.7 Å². The fraction of sp³-hybridized carbons (Fsp3) is 0.429. The molecule has 0 bridgehead atoms. The third kappa shape index (κ3) is 6.30. The van der Waals surface area contributed by atoms with E-state index in [2.05, 4.69) is 29.5 Å². The molecule has 8 heteroatoms. The van der Waals surface area contributed by atoms with Crippen LogP contribution in [0.25, 0.3) is 17.2 Å². The predicted molar refractivity (Wildman–Crippen MR) is 145 cm³/mol. The van der Waals surface area contributed by atoms with E-state index in [-0.39, 0.29) is 11.8 Å². The van der Waals surface area contributed by atoms with E-state index in [4.69, 9.17) is 5.84 Å². The number of fused-ring (bicyclic) bond motifs is 1. The Hall–Kier alpha value is -3.68. The lowest BCUT2D eigenvalue weighted by atomic mass is 10.00. The molecule has 3 N–H and O–H groups in total. The Morgan fingerprint density at radius 3 is 2.14 bits per heavy atom. The zero-order valence-corrected chi connectivity index (χ0v) is 21.8. The van der Waals surface area contributed by atoms with E-state index in [1.54, 1.807) is 4.90 Å². The van der Waals surface area contributed by atoms with Gasteiger partial charge in [0, 0.05) is 49.4 Å². The third-order valence-corrected chi connectivity index (χ3v) is 6.39. The van der Waals surface area contributed by atoms with Crippen LogP contribution in [-0.4, -0.2) is 54.0 Å². The van der Waals surface area contributed by atoms with Gasteiger partial charge in [0.25, 0.3) is 5.91 Å². The summed E-state index contributed by atoms with van der Waals surface area (Å²) >= 11 is 0. The van der Waals surface area contributed by atoms with E-state index in [0.29, 0.717) is 30.6 Å². The minimum atomic E-state index is -0.444. The number of hydrogen-bond donors (Lipinski definition) is 2. The lowest BCUT2D eigenvalue weighted by Crippen LogP contribution is -2.34. The molecule has 0 aromatic heterocycles. The molecule has 2 amide bonds. The Labute approximate surface area is 214 Å². The van der Waals surface area contributed by atoms with Crippen LogP contribution in [0.2, 0.25) is 0 Å². The van der Waals surface area contributed by atoms with E-state index in [1.165, 1.54) is 0 Å². The van der Waals surface area contributed by atoms with Gasteiger partial charge in [-0.15, -0.1) is 5.11 Å². The topological polar surface area (TPSA) is 103 Å². The van der Waals surface area contributed by atoms with Crippen molar-refractivity contribution in [1.29, 1.82) is 0 Å². The van der Waals surface area contributed by atoms with Crippen LogP contribution in [0.3, 0.4) is 0 Å². The molecule has 1 atom stereocenters. The molecule has 0 spiro atoms. The maximum absolute atomic E-state index is 13.4. The largest absolute Gasteiger partial charge is 0.361 e. The van der Waals surface area contributed by atoms with Crippen molar-refractivity contribution in [3.05, 3.63) is 59.2 Å². The highest BCUT2D eigenvalue weighted by atomic mass is 16.2. The second-order valence-electron chi connectivity index (χ2n) is 8.91. The van der Waals surface area contributed by atoms with Gasteiger partial charge in [0.2, 0.25) is 5.91 Å². The van der Waals surface area contributed by atoms with Crippen LogP contribution in [0.1, 0.15) is 62.9 Å². The molecule has 0 radical (unpaired) electrons. The van der Waals surface area contributed by atoms with Gasteiger partial charge in [0.1, 0.15) is 6.17 Å². The van der Waals surface area contributed by atoms with Gasteiger partial charge in [0.05, 0.1) is 0 Å². The van der Waals surface area contributed by atoms with Crippen LogP contribution < -0.4 is 11.2 Å². The normalized spacial score (nSPS) is 15.0. The minimum Gasteiger partial charge on any atom is -0.361 e. The van der Waals surface area contributed by atoms with Crippen LogP contribution in [0, 0.1) is 0 Å². The van der Waals surface area contributed by atoms with Gasteiger partial charge in [-0.25, -0.2) is 0 Å². The monoisotopic (exact) mass is 490 g/mol. The predicted octanol–water partition coefficient (Wildman–Crippen LogP) is 5.34. The number of hydrogen-bond acceptors (Lipinski definition) is 5. The molecule has 192 valence electrons. The SMILES string of the molecule is CCCN(CCC)C(=O)C1=Cc2ccc(-c3ccc(C(=O)N(CC)CC)cc3)cc2NC(N=NN)C1. The highest BCUT2D eigenvalue weighted by Gasteiger charge is 2.24. The number of benzene rings is 2. The lowest BCUT2D eigenvalue weighted by molar-refractivity contribution is -0.127. The first kappa shape index (κ1) is 26.9. The Kier molecular flexibility index (Phi) is 9.61. The molecule has 8 nitrogen and oxygen atoms in total. The van der Waals surface area contributed by atoms with Gasteiger partial charge >= 0.3 is 0 Å². The average molecular weight is 491 g/mol. The second kappa shape index (κ2) is 12.9. The second-order valence-corrected chi connectivity index (χ2v) is 8.91. The van der Waals surface area contributed by atoms with Crippen LogP contribution >= 0.6 is 0 Å². The molecule has 2 aromatic rings. The highest BCUT2D eigenvalue weighted by Crippen LogP contribution is 2.32. The highest BCUT2D eigenvalue weighted by molar-refractivity contribution is 5.99. The first-order chi connectivity index (χ1) is 17.4. The molecule has 0 saturated heterocycles. The van der Waals surface area contributed by atoms with Gasteiger partial charge in [-0.3, -0.25) is 9.59 Å². The minimum absolute atomic E-state index is 0.0307. The first-order valence-electron chi connectivity index (χ1n) is 12.9. The number of nitrogens with one attached hydrogen (secondary N) is 1. The fourth-order valence-corrected chi connectivity index (χ4v) is 4.53. The molecular formula is C28H38N6O2. The summed E-state index contributed by atoms with van der Waals surface area (Å²) < 4.78 is 0. The fourth-order valence-electron chi connectivity index (χ4n) is 4.53. The van der Waals surface area contributed by atoms with Crippen LogP contribution in [-0.2, 0) is 4.79 Å². The summed E-state index contributed by atoms with van der Waals surface area (Å²) in [6, 6.07) is 13.7. The average Bonchev–Trinajstić information content (AvgIpc) is 3.07. The quantitative estimate of drug-likeness (QED) is 0.267. The molecule has 0 saturated carbocycles. The summed E-state index contributed by atoms with van der Waals surface area (Å²) in [6.45, 7) is 10.9. The Bertz CT molecular complexity index is 1100. The number of carbonyl (C=O) groups is 2. The van der Waals surface area contributed by atoms with Crippen LogP contribution in [0.5, 0.6) is 0 Å². The molecule has 2 aromatic carbocycles. The van der Waals surface area contributed by atoms with Crippen molar-refractivity contribution in [3.63, 3.8) is 0 Å². The first-order valence-corrected chi connectivity index (χ1v) is 12.9. The number of nitrogens with zero attached hydrogens (tertiary/aromatic N) is 4. The van der Waals surface area contributed by atoms with E-state index < -0.39 is 6.17 Å². The zero-order chi connectivity index (χ0) is 26.1. The van der Waals surface area contributed by atoms with Crippen molar-refractivity contribution in [2.24, 2.45) is 16.2 Å². The molecule has 1 aliphatic heterocycles. The van der Waals surface area contributed by atoms with Crippen LogP contribution in [0.4, 0.5) is 5.69 Å². The molecule has 0 fully saturated rings. The van der Waals surface area contributed by atoms with Gasteiger partial charge < -0.3 is 21.0 Å². The lowest BCUT2D eigenvalue weighted by Gasteiger charge is -2.23. The Morgan fingerprint density at radius 1 is 0.917 bits per heavy atom. The van der Waals surface area contributed by atoms with Crippen molar-refractivity contribution in [2.45, 2.75) is 53.1 Å². The summed E-state index contributed by atoms with van der Waals surface area (Å²) in [7, 11) is 0. The van der Waals surface area contributed by atoms with Gasteiger partial charge in [-0.2, -0.15) is 0 Å². The van der Waals surface area contributed by atoms with E-state index in [9.17, 15) is 9.59 Å². The number of carbonyl (C=O) groups excluding carboxylic acids is 2. The molecule has 1 heterocycles.